The second kappa shape index (κ2) is 60.7. The van der Waals surface area contributed by atoms with Gasteiger partial charge in [0.1, 0.15) is 24.9 Å². The summed E-state index contributed by atoms with van der Waals surface area (Å²) >= 11 is 0. The first-order valence-electron chi connectivity index (χ1n) is 52.5. The van der Waals surface area contributed by atoms with E-state index in [1.54, 1.807) is 20.8 Å². The van der Waals surface area contributed by atoms with Crippen molar-refractivity contribution in [3.8, 4) is 0 Å². The number of nitrogens with two attached hydrogens (primary N) is 1. The van der Waals surface area contributed by atoms with Crippen LogP contribution in [0.4, 0.5) is 18.4 Å². The number of allylic oxidation sites excluding steroid dienone is 7. The number of ketones is 3. The number of likely N-dealkylation sites (N-methyl/N-ethyl adjacent to an activating group) is 2. The van der Waals surface area contributed by atoms with E-state index in [0.717, 1.165) is 86.4 Å². The molecule has 4 saturated carbocycles. The molecule has 818 valence electrons. The maximum Gasteiger partial charge on any atom is 0.407 e. The van der Waals surface area contributed by atoms with Crippen molar-refractivity contribution in [3.05, 3.63) is 46.6 Å². The molecule has 1 saturated heterocycles. The van der Waals surface area contributed by atoms with Gasteiger partial charge in [-0.25, -0.2) is 18.4 Å². The number of urea groups is 1. The summed E-state index contributed by atoms with van der Waals surface area (Å²) in [5, 5.41) is 39.0. The molecule has 7 aliphatic carbocycles. The minimum atomic E-state index is -2.46. The number of alkyl carbamates (subject to hydrolysis) is 1. The normalized spacial score (nSPS) is 26.3. The first-order valence-corrected chi connectivity index (χ1v) is 52.5. The number of rotatable bonds is 72. The number of fused-ring (bicyclic) bond motifs is 8. The number of ether oxygens (including phenoxy) is 15. The molecule has 44 heteroatoms. The first kappa shape index (κ1) is 118. The van der Waals surface area contributed by atoms with Crippen molar-refractivity contribution >= 4 is 59.0 Å². The van der Waals surface area contributed by atoms with Gasteiger partial charge in [0, 0.05) is 73.8 Å². The second-order valence-corrected chi connectivity index (χ2v) is 40.7. The van der Waals surface area contributed by atoms with Crippen molar-refractivity contribution in [3.63, 3.8) is 0 Å². The Bertz CT molecular complexity index is 4180. The van der Waals surface area contributed by atoms with Crippen molar-refractivity contribution < 1.29 is 137 Å². The summed E-state index contributed by atoms with van der Waals surface area (Å²) in [5.41, 5.74) is 15.5. The molecule has 0 spiro atoms. The topological polar surface area (TPSA) is 506 Å². The predicted octanol–water partition coefficient (Wildman–Crippen LogP) is 3.41. The number of aliphatic hydroxyl groups is 1. The summed E-state index contributed by atoms with van der Waals surface area (Å²) in [6.45, 7) is 20.0. The highest BCUT2D eigenvalue weighted by Crippen LogP contribution is 2.72. The van der Waals surface area contributed by atoms with Crippen LogP contribution in [0.3, 0.4) is 0 Å². The van der Waals surface area contributed by atoms with Gasteiger partial charge in [-0.15, -0.1) is 11.1 Å². The highest BCUT2D eigenvalue weighted by Gasteiger charge is 2.80. The largest absolute Gasteiger partial charge is 0.449 e. The van der Waals surface area contributed by atoms with Crippen LogP contribution in [0.25, 0.3) is 0 Å². The first-order chi connectivity index (χ1) is 69.4. The zero-order valence-electron chi connectivity index (χ0n) is 86.5. The van der Waals surface area contributed by atoms with E-state index in [0.29, 0.717) is 175 Å². The summed E-state index contributed by atoms with van der Waals surface area (Å²) in [5.74, 6) is -6.39. The molecular weight excluding hydrogens is 1880 g/mol. The van der Waals surface area contributed by atoms with Crippen LogP contribution >= 0.6 is 0 Å². The third-order valence-electron chi connectivity index (χ3n) is 29.2. The number of alkyl halides is 2. The van der Waals surface area contributed by atoms with Crippen LogP contribution in [-0.4, -0.2) is 378 Å². The fraction of sp³-hybridized carbons (Fsp3) is 0.820. The molecule has 0 aromatic rings. The van der Waals surface area contributed by atoms with E-state index in [9.17, 15) is 48.3 Å². The number of primary amides is 1. The Morgan fingerprint density at radius 2 is 1.22 bits per heavy atom. The molecular formula is C100H169F2N16O26+. The van der Waals surface area contributed by atoms with Crippen LogP contribution < -0.4 is 70.2 Å². The Kier molecular flexibility index (Phi) is 49.8. The predicted molar refractivity (Wildman–Crippen MR) is 524 cm³/mol. The van der Waals surface area contributed by atoms with Gasteiger partial charge in [-0.2, -0.15) is 0 Å². The fourth-order valence-electron chi connectivity index (χ4n) is 21.5. The SMILES string of the molecule is CCCC1O[C@@H]2C[C@H]3[C@@H]4C[C@H](F)C5=CC(=O)C=C[C@]5(C)[C@@]4(F)[C@@H](O)C[C@]3(C)[C@]2(C(=O)CNC(=O)[C@H](CCCNC(N)=O)CC(=O)[C@@H](NC(=O)[C@@H](CCCCNC(=O)COC2CCCCCC3=C2NNN3CCOCCOCCOCCOCCC(=O)NCC[N+](C)(C)C)NC(=O)CCOCCOCCOCCOCCNC(=O)OC[C@@H]2[C@@H]3CCC4=C(CC[C@@H]32)NNN4CCOCCOCCOCCNC)C(C)C)O1. The summed E-state index contributed by atoms with van der Waals surface area (Å²) in [6, 6.07) is -3.25. The Hall–Kier alpha value is -7.84. The summed E-state index contributed by atoms with van der Waals surface area (Å²) in [7, 11) is 8.10. The number of hydrogen-bond donors (Lipinski definition) is 14. The number of carbonyl (C=O) groups excluding carboxylic acids is 10. The lowest BCUT2D eigenvalue weighted by molar-refractivity contribution is -0.869. The highest BCUT2D eigenvalue weighted by atomic mass is 19.1. The molecule has 0 aromatic carbocycles. The zero-order valence-corrected chi connectivity index (χ0v) is 86.5. The number of quaternary nitrogens is 1. The maximum absolute atomic E-state index is 18.4. The van der Waals surface area contributed by atoms with Gasteiger partial charge in [0.05, 0.1) is 241 Å². The maximum atomic E-state index is 18.4. The Balaban J connectivity index is 0.653. The molecule has 2 unspecified atom stereocenters. The summed E-state index contributed by atoms with van der Waals surface area (Å²) in [6.07, 6.45) is 6.41. The summed E-state index contributed by atoms with van der Waals surface area (Å²) in [4.78, 5) is 136. The molecule has 0 aromatic heterocycles. The molecule has 144 heavy (non-hydrogen) atoms. The number of nitrogens with zero attached hydrogens (tertiary/aromatic N) is 3. The molecule has 10 rings (SSSR count). The van der Waals surface area contributed by atoms with Crippen molar-refractivity contribution in [2.75, 3.05) is 246 Å². The quantitative estimate of drug-likeness (QED) is 0.0306. The molecule has 8 amide bonds. The summed E-state index contributed by atoms with van der Waals surface area (Å²) < 4.78 is 123. The van der Waals surface area contributed by atoms with Crippen LogP contribution in [0, 0.1) is 52.3 Å². The second-order valence-electron chi connectivity index (χ2n) is 40.7. The molecule has 42 nitrogen and oxygen atoms in total. The van der Waals surface area contributed by atoms with Crippen LogP contribution in [-0.2, 0) is 109 Å². The number of nitrogens with one attached hydrogen (secondary N) is 12. The van der Waals surface area contributed by atoms with Gasteiger partial charge < -0.3 is 140 Å². The lowest BCUT2D eigenvalue weighted by Crippen LogP contribution is -2.71. The molecule has 0 bridgehead atoms. The average molecular weight is 2050 g/mol. The van der Waals surface area contributed by atoms with Crippen molar-refractivity contribution in [2.45, 2.75) is 230 Å². The third-order valence-corrected chi connectivity index (χ3v) is 29.2. The fourth-order valence-corrected chi connectivity index (χ4v) is 21.5. The van der Waals surface area contributed by atoms with E-state index in [2.05, 4.69) is 90.6 Å². The van der Waals surface area contributed by atoms with Crippen LogP contribution in [0.15, 0.2) is 46.6 Å². The standard InChI is InChI=1S/C100H168F2N16O26/c1-10-17-90-143-86-63-74-75-62-77(101)76-61-70(119)26-29-97(76,4)99(75,102)84(121)64-98(74,5)100(86,144-90)85(122)65-109-93(126)69(18-16-31-107-95(103)128)60-82(120)91(68(2)3)111-94(127)79(19-14-15-30-105-89(125)67-141-83-21-13-11-12-20-81-92(83)113-115-117(81)36-43-135-49-55-140-59-57-136-50-44-130-38-27-87(123)106-32-37-118(7,8)9)110-88(124)28-39-131-45-51-137-56-58-139-53-47-133-41-34-108-96(129)142-66-73-71-22-24-78-80(25-23-72(71)73)116(114-112-78)35-42-134-48-54-138-52-46-132-40-33-104-6/h26,29,61,68-69,71-75,77,79,83-84,86,90-91,104,112-115,121H,10-25,27-28,30-60,62-67H2,1-9H3,(H8-,103,105,106,107,108,109,110,111,123,124,125,126,127,128,129)/p+1/t69-,71+,72-,73+,74+,75+,77+,79-,83?,84+,86-,90?,91+,97+,98+,99+,100-/m1/s1. The van der Waals surface area contributed by atoms with Gasteiger partial charge in [-0.1, -0.05) is 53.0 Å². The van der Waals surface area contributed by atoms with Gasteiger partial charge in [0.2, 0.25) is 29.5 Å². The van der Waals surface area contributed by atoms with Gasteiger partial charge >= 0.3 is 12.1 Å². The zero-order chi connectivity index (χ0) is 104. The van der Waals surface area contributed by atoms with Crippen molar-refractivity contribution in [2.24, 2.45) is 58.0 Å². The Morgan fingerprint density at radius 1 is 0.625 bits per heavy atom. The van der Waals surface area contributed by atoms with E-state index in [1.807, 2.05) is 19.0 Å². The molecule has 0 radical (unpaired) electrons. The number of Topliss-reactive ketones (excluding diaryl/α,β-unsaturated/α-hetero) is 2. The molecule has 3 heterocycles. The minimum Gasteiger partial charge on any atom is -0.449 e. The monoisotopic (exact) mass is 2050 g/mol. The van der Waals surface area contributed by atoms with Gasteiger partial charge in [-0.05, 0) is 164 Å². The number of hydrazine groups is 4. The van der Waals surface area contributed by atoms with Gasteiger partial charge in [0.15, 0.2) is 34.9 Å². The number of unbranched alkanes of at least 4 members (excludes halogenated alkanes) is 1. The van der Waals surface area contributed by atoms with E-state index in [1.165, 1.54) is 30.5 Å². The number of carbonyl (C=O) groups is 10. The highest BCUT2D eigenvalue weighted by molar-refractivity contribution is 6.01. The van der Waals surface area contributed by atoms with Gasteiger partial charge in [-0.3, -0.25) is 48.4 Å². The molecule has 10 aliphatic rings. The molecule has 3 aliphatic heterocycles. The molecule has 17 atom stereocenters. The molecule has 15 N–H and O–H groups in total. The Labute approximate surface area is 847 Å². The van der Waals surface area contributed by atoms with Crippen molar-refractivity contribution in [1.82, 2.24) is 74.5 Å². The smallest absolute Gasteiger partial charge is 0.407 e. The number of amides is 8. The van der Waals surface area contributed by atoms with E-state index >= 15 is 13.6 Å². The van der Waals surface area contributed by atoms with E-state index in [4.69, 9.17) is 76.8 Å². The lowest BCUT2D eigenvalue weighted by Gasteiger charge is -2.63. The number of hydrogen-bond acceptors (Lipinski definition) is 33. The molecule has 5 fully saturated rings. The van der Waals surface area contributed by atoms with Gasteiger partial charge in [0.25, 0.3) is 0 Å². The average Bonchev–Trinajstić information content (AvgIpc) is 1.46. The Morgan fingerprint density at radius 3 is 1.84 bits per heavy atom. The number of halogens is 2. The van der Waals surface area contributed by atoms with Crippen LogP contribution in [0.2, 0.25) is 0 Å². The van der Waals surface area contributed by atoms with Crippen LogP contribution in [0.1, 0.15) is 176 Å². The van der Waals surface area contributed by atoms with E-state index < -0.39 is 149 Å². The van der Waals surface area contributed by atoms with Crippen molar-refractivity contribution in [1.29, 1.82) is 0 Å². The number of aliphatic hydroxyl groups excluding tert-OH is 1. The lowest BCUT2D eigenvalue weighted by atomic mass is 9.44. The van der Waals surface area contributed by atoms with Crippen LogP contribution in [0.5, 0.6) is 0 Å². The third kappa shape index (κ3) is 35.1. The van der Waals surface area contributed by atoms with E-state index in [-0.39, 0.29) is 141 Å². The minimum absolute atomic E-state index is 0.0124.